The molecule has 0 fully saturated rings. The highest BCUT2D eigenvalue weighted by Gasteiger charge is 2.19. The minimum absolute atomic E-state index is 0.118. The minimum Gasteiger partial charge on any atom is -0.462 e. The normalized spacial score (nSPS) is 12.9. The molecule has 346 valence electrons. The van der Waals surface area contributed by atoms with Crippen LogP contribution in [0.2, 0.25) is 0 Å². The maximum atomic E-state index is 12.7. The van der Waals surface area contributed by atoms with Crippen molar-refractivity contribution in [3.05, 3.63) is 97.2 Å². The monoisotopic (exact) mass is 847 g/mol. The maximum Gasteiger partial charge on any atom is 0.309 e. The van der Waals surface area contributed by atoms with Gasteiger partial charge in [0.25, 0.3) is 0 Å². The molecule has 1 atom stereocenters. The van der Waals surface area contributed by atoms with E-state index in [0.29, 0.717) is 6.42 Å². The first-order chi connectivity index (χ1) is 30.0. The average molecular weight is 847 g/mol. The first kappa shape index (κ1) is 57.3. The van der Waals surface area contributed by atoms with Crippen molar-refractivity contribution in [2.24, 2.45) is 0 Å². The van der Waals surface area contributed by atoms with Gasteiger partial charge in [-0.25, -0.2) is 0 Å². The fourth-order valence-electron chi connectivity index (χ4n) is 6.51. The topological polar surface area (TPSA) is 78.9 Å². The standard InChI is InChI=1S/C55H90O6/c1-4-7-10-13-16-19-21-23-25-26-27-28-30-31-33-36-39-42-45-48-54(57)60-51-52(50-59-53(56)47-44-41-38-35-18-15-12-9-6-3)61-55(58)49-46-43-40-37-34-32-29-24-22-20-17-14-11-8-5-2/h8-9,11-12,14,17-18,20,22,24,26-27,29,35,41,44,52H,4-7,10,13,15-16,19,21,23,25,28,30-34,36-40,42-43,45-51H2,1-3H3/b11-8-,12-9-,17-14-,22-20-,27-26-,29-24-,35-18-,44-41-. The van der Waals surface area contributed by atoms with E-state index in [4.69, 9.17) is 14.2 Å². The molecule has 0 radical (unpaired) electrons. The summed E-state index contributed by atoms with van der Waals surface area (Å²) in [4.78, 5) is 37.8. The fraction of sp³-hybridized carbons (Fsp3) is 0.655. The van der Waals surface area contributed by atoms with Crippen LogP contribution in [0.3, 0.4) is 0 Å². The maximum absolute atomic E-state index is 12.7. The van der Waals surface area contributed by atoms with Gasteiger partial charge in [-0.3, -0.25) is 14.4 Å². The van der Waals surface area contributed by atoms with Crippen molar-refractivity contribution in [1.29, 1.82) is 0 Å². The minimum atomic E-state index is -0.826. The molecule has 6 nitrogen and oxygen atoms in total. The summed E-state index contributed by atoms with van der Waals surface area (Å²) in [5, 5.41) is 0. The van der Waals surface area contributed by atoms with E-state index in [9.17, 15) is 14.4 Å². The molecule has 0 aliphatic carbocycles. The van der Waals surface area contributed by atoms with Gasteiger partial charge in [0.05, 0.1) is 6.42 Å². The molecule has 0 heterocycles. The molecule has 0 amide bonds. The predicted octanol–water partition coefficient (Wildman–Crippen LogP) is 16.2. The zero-order chi connectivity index (χ0) is 44.4. The number of unbranched alkanes of at least 4 members (excludes halogenated alkanes) is 20. The number of allylic oxidation sites excluding steroid dienone is 15. The zero-order valence-electron chi connectivity index (χ0n) is 39.4. The lowest BCUT2D eigenvalue weighted by atomic mass is 10.1. The van der Waals surface area contributed by atoms with Crippen LogP contribution in [0.25, 0.3) is 0 Å². The highest BCUT2D eigenvalue weighted by molar-refractivity contribution is 5.72. The Kier molecular flexibility index (Phi) is 46.0. The van der Waals surface area contributed by atoms with E-state index >= 15 is 0 Å². The van der Waals surface area contributed by atoms with Gasteiger partial charge < -0.3 is 14.2 Å². The number of carbonyl (C=O) groups excluding carboxylic acids is 3. The highest BCUT2D eigenvalue weighted by Crippen LogP contribution is 2.14. The Morgan fingerprint density at radius 3 is 1.33 bits per heavy atom. The van der Waals surface area contributed by atoms with Gasteiger partial charge in [0.1, 0.15) is 13.2 Å². The van der Waals surface area contributed by atoms with Gasteiger partial charge in [-0.05, 0) is 77.0 Å². The van der Waals surface area contributed by atoms with Gasteiger partial charge in [0, 0.05) is 12.8 Å². The Morgan fingerprint density at radius 2 is 0.787 bits per heavy atom. The Morgan fingerprint density at radius 1 is 0.377 bits per heavy atom. The Bertz CT molecular complexity index is 1250. The third kappa shape index (κ3) is 47.2. The molecule has 0 saturated heterocycles. The molecule has 0 N–H and O–H groups in total. The second kappa shape index (κ2) is 49.0. The van der Waals surface area contributed by atoms with Gasteiger partial charge in [-0.1, -0.05) is 214 Å². The summed E-state index contributed by atoms with van der Waals surface area (Å²) in [6.07, 6.45) is 64.3. The van der Waals surface area contributed by atoms with Crippen molar-refractivity contribution < 1.29 is 28.6 Å². The fourth-order valence-corrected chi connectivity index (χ4v) is 6.51. The summed E-state index contributed by atoms with van der Waals surface area (Å²) in [6, 6.07) is 0. The zero-order valence-corrected chi connectivity index (χ0v) is 39.4. The van der Waals surface area contributed by atoms with Crippen LogP contribution in [-0.4, -0.2) is 37.2 Å². The van der Waals surface area contributed by atoms with Crippen molar-refractivity contribution in [2.75, 3.05) is 13.2 Å². The molecular weight excluding hydrogens is 757 g/mol. The second-order valence-electron chi connectivity index (χ2n) is 16.1. The van der Waals surface area contributed by atoms with Crippen molar-refractivity contribution in [3.8, 4) is 0 Å². The molecule has 6 heteroatoms. The summed E-state index contributed by atoms with van der Waals surface area (Å²) < 4.78 is 16.6. The van der Waals surface area contributed by atoms with Gasteiger partial charge in [-0.15, -0.1) is 0 Å². The smallest absolute Gasteiger partial charge is 0.309 e. The SMILES string of the molecule is CC\C=C/C=C\C=C/C=C\CCCCCCCC(=O)OC(COC(=O)C/C=C\C/C=C\C/C=C\CC)COC(=O)CCCCCCCCC/C=C\CCCCCCCCCC. The average Bonchev–Trinajstić information content (AvgIpc) is 3.26. The van der Waals surface area contributed by atoms with Gasteiger partial charge in [0.15, 0.2) is 6.10 Å². The van der Waals surface area contributed by atoms with E-state index in [2.05, 4.69) is 81.5 Å². The molecule has 0 saturated carbocycles. The summed E-state index contributed by atoms with van der Waals surface area (Å²) in [5.74, 6) is -1.08. The number of esters is 3. The van der Waals surface area contributed by atoms with E-state index in [-0.39, 0.29) is 38.0 Å². The lowest BCUT2D eigenvalue weighted by Crippen LogP contribution is -2.30. The molecule has 0 aliphatic heterocycles. The van der Waals surface area contributed by atoms with Crippen LogP contribution in [0.1, 0.15) is 213 Å². The largest absolute Gasteiger partial charge is 0.462 e. The van der Waals surface area contributed by atoms with Crippen molar-refractivity contribution in [2.45, 2.75) is 219 Å². The van der Waals surface area contributed by atoms with Crippen LogP contribution in [0.5, 0.6) is 0 Å². The second-order valence-corrected chi connectivity index (χ2v) is 16.1. The third-order valence-electron chi connectivity index (χ3n) is 10.2. The van der Waals surface area contributed by atoms with Crippen LogP contribution in [0.15, 0.2) is 97.2 Å². The highest BCUT2D eigenvalue weighted by atomic mass is 16.6. The van der Waals surface area contributed by atoms with Gasteiger partial charge in [-0.2, -0.15) is 0 Å². The molecule has 0 spiro atoms. The van der Waals surface area contributed by atoms with Crippen molar-refractivity contribution >= 4 is 17.9 Å². The van der Waals surface area contributed by atoms with Crippen LogP contribution in [-0.2, 0) is 28.6 Å². The summed E-state index contributed by atoms with van der Waals surface area (Å²) in [6.45, 7) is 6.25. The van der Waals surface area contributed by atoms with E-state index in [1.807, 2.05) is 30.4 Å². The molecule has 0 aliphatic rings. The molecule has 0 rings (SSSR count). The molecule has 0 aromatic heterocycles. The number of hydrogen-bond acceptors (Lipinski definition) is 6. The first-order valence-electron chi connectivity index (χ1n) is 24.8. The summed E-state index contributed by atoms with van der Waals surface area (Å²) in [7, 11) is 0. The third-order valence-corrected chi connectivity index (χ3v) is 10.2. The van der Waals surface area contributed by atoms with Crippen LogP contribution in [0.4, 0.5) is 0 Å². The first-order valence-corrected chi connectivity index (χ1v) is 24.8. The predicted molar refractivity (Wildman–Crippen MR) is 260 cm³/mol. The summed E-state index contributed by atoms with van der Waals surface area (Å²) in [5.41, 5.74) is 0. The van der Waals surface area contributed by atoms with E-state index < -0.39 is 12.1 Å². The number of rotatable bonds is 43. The Labute approximate surface area is 375 Å². The van der Waals surface area contributed by atoms with Crippen molar-refractivity contribution in [3.63, 3.8) is 0 Å². The lowest BCUT2D eigenvalue weighted by Gasteiger charge is -2.18. The molecule has 61 heavy (non-hydrogen) atoms. The molecular formula is C55H90O6. The van der Waals surface area contributed by atoms with Crippen LogP contribution < -0.4 is 0 Å². The number of ether oxygens (including phenoxy) is 3. The Balaban J connectivity index is 4.41. The van der Waals surface area contributed by atoms with E-state index in [0.717, 1.165) is 83.5 Å². The van der Waals surface area contributed by atoms with Crippen LogP contribution in [0, 0.1) is 0 Å². The van der Waals surface area contributed by atoms with Gasteiger partial charge >= 0.3 is 17.9 Å². The lowest BCUT2D eigenvalue weighted by molar-refractivity contribution is -0.166. The van der Waals surface area contributed by atoms with Crippen LogP contribution >= 0.6 is 0 Å². The number of carbonyl (C=O) groups is 3. The Hall–Kier alpha value is -3.67. The molecule has 0 aromatic carbocycles. The van der Waals surface area contributed by atoms with Gasteiger partial charge in [0.2, 0.25) is 0 Å². The van der Waals surface area contributed by atoms with Crippen molar-refractivity contribution in [1.82, 2.24) is 0 Å². The quantitative estimate of drug-likeness (QED) is 0.0200. The molecule has 1 unspecified atom stereocenters. The van der Waals surface area contributed by atoms with E-state index in [1.54, 1.807) is 6.08 Å². The van der Waals surface area contributed by atoms with E-state index in [1.165, 1.54) is 89.9 Å². The summed E-state index contributed by atoms with van der Waals surface area (Å²) >= 11 is 0. The molecule has 0 bridgehead atoms. The number of hydrogen-bond donors (Lipinski definition) is 0. The molecule has 0 aromatic rings.